The van der Waals surface area contributed by atoms with Crippen LogP contribution in [0.5, 0.6) is 34.5 Å². The first-order valence-corrected chi connectivity index (χ1v) is 30.9. The maximum atomic E-state index is 13.3. The van der Waals surface area contributed by atoms with Gasteiger partial charge in [0.25, 0.3) is 0 Å². The molecule has 0 radical (unpaired) electrons. The summed E-state index contributed by atoms with van der Waals surface area (Å²) in [6.45, 7) is 15.2. The molecule has 85 heavy (non-hydrogen) atoms. The lowest BCUT2D eigenvalue weighted by molar-refractivity contribution is -0.141. The van der Waals surface area contributed by atoms with Gasteiger partial charge in [0.05, 0.1) is 94.3 Å². The molecule has 2 fully saturated rings. The first kappa shape index (κ1) is 65.3. The van der Waals surface area contributed by atoms with Crippen LogP contribution in [-0.2, 0) is 38.1 Å². The number of para-hydroxylation sites is 1. The standard InChI is InChI=1S/C67H85N3O14S/c1-48(2)63(71)79-39-14-8-6-12-37-77-55-26-30-57(31-27-55)83-65(73)52-22-18-50(19-23-52)46-81-59-34-35-61(54(44-59)45-68-70(36-41-76-43-42-75-5)67-69-60-16-10-11-17-62(60)85-67)82-47-51-20-24-53(25-21-51)66(74)84-58-32-28-56(29-33-58)78-38-13-7-9-15-40-80-64(72)49(3)4/h10-11,16-17,26-35,44-45,50-53H,1,3,6-9,12-15,18-25,36-43,46-47H2,2,4-5H3/b68-45+. The molecule has 1 heterocycles. The van der Waals surface area contributed by atoms with Crippen LogP contribution in [-0.4, -0.2) is 108 Å². The number of esters is 4. The fraction of sp³-hybridized carbons (Fsp3) is 0.493. The van der Waals surface area contributed by atoms with E-state index in [-0.39, 0.29) is 47.5 Å². The SMILES string of the molecule is C=C(C)C(=O)OCCCCCCOc1ccc(OC(=O)C2CCC(COc3ccc(OCC4CCC(C(=O)Oc5ccc(OCCCCCCOC(=O)C(=C)C)cc5)CC4)c(/C=N/N(CCOCCOC)c4nc5ccccc5s4)c3)CC2)cc1. The molecule has 7 rings (SSSR count). The average Bonchev–Trinajstić information content (AvgIpc) is 4.03. The number of ether oxygens (including phenoxy) is 10. The molecule has 0 unspecified atom stereocenters. The van der Waals surface area contributed by atoms with E-state index in [0.29, 0.717) is 137 Å². The van der Waals surface area contributed by atoms with E-state index in [4.69, 9.17) is 57.5 Å². The highest BCUT2D eigenvalue weighted by atomic mass is 32.1. The molecule has 0 aliphatic heterocycles. The van der Waals surface area contributed by atoms with E-state index in [0.717, 1.165) is 98.0 Å². The third kappa shape index (κ3) is 22.9. The van der Waals surface area contributed by atoms with Crippen LogP contribution in [0.25, 0.3) is 10.2 Å². The van der Waals surface area contributed by atoms with E-state index >= 15 is 0 Å². The molecule has 18 heteroatoms. The number of fused-ring (bicyclic) bond motifs is 1. The Morgan fingerprint density at radius 1 is 0.565 bits per heavy atom. The van der Waals surface area contributed by atoms with E-state index in [9.17, 15) is 19.2 Å². The number of carbonyl (C=O) groups is 4. The maximum Gasteiger partial charge on any atom is 0.333 e. The highest BCUT2D eigenvalue weighted by Crippen LogP contribution is 2.35. The third-order valence-corrected chi connectivity index (χ3v) is 15.9. The number of unbranched alkanes of at least 4 members (excludes halogenated alkanes) is 6. The summed E-state index contributed by atoms with van der Waals surface area (Å²) >= 11 is 1.56. The van der Waals surface area contributed by atoms with Crippen LogP contribution in [0.2, 0.25) is 0 Å². The van der Waals surface area contributed by atoms with E-state index < -0.39 is 0 Å². The van der Waals surface area contributed by atoms with Crippen molar-refractivity contribution in [2.45, 2.75) is 117 Å². The molecule has 0 atom stereocenters. The second-order valence-electron chi connectivity index (χ2n) is 21.8. The second kappa shape index (κ2) is 35.9. The van der Waals surface area contributed by atoms with Crippen LogP contribution in [0.4, 0.5) is 5.13 Å². The number of carbonyl (C=O) groups excluding carboxylic acids is 4. The zero-order valence-corrected chi connectivity index (χ0v) is 50.6. The minimum Gasteiger partial charge on any atom is -0.494 e. The van der Waals surface area contributed by atoms with Crippen molar-refractivity contribution in [2.24, 2.45) is 28.8 Å². The Morgan fingerprint density at radius 2 is 1.06 bits per heavy atom. The maximum absolute atomic E-state index is 13.3. The zero-order chi connectivity index (χ0) is 60.0. The summed E-state index contributed by atoms with van der Waals surface area (Å²) in [4.78, 5) is 54.6. The Labute approximate surface area is 504 Å². The number of thiazole rings is 1. The lowest BCUT2D eigenvalue weighted by Gasteiger charge is -2.28. The number of rotatable bonds is 37. The van der Waals surface area contributed by atoms with Crippen molar-refractivity contribution in [1.29, 1.82) is 0 Å². The van der Waals surface area contributed by atoms with Gasteiger partial charge in [-0.3, -0.25) is 9.59 Å². The largest absolute Gasteiger partial charge is 0.494 e. The molecule has 0 saturated heterocycles. The summed E-state index contributed by atoms with van der Waals surface area (Å²) < 4.78 is 58.9. The lowest BCUT2D eigenvalue weighted by atomic mass is 9.82. The van der Waals surface area contributed by atoms with Crippen LogP contribution in [0.1, 0.15) is 122 Å². The molecule has 0 N–H and O–H groups in total. The highest BCUT2D eigenvalue weighted by molar-refractivity contribution is 7.22. The number of hydrazone groups is 1. The van der Waals surface area contributed by atoms with Gasteiger partial charge in [-0.15, -0.1) is 0 Å². The molecule has 458 valence electrons. The van der Waals surface area contributed by atoms with Crippen molar-refractivity contribution in [3.05, 3.63) is 121 Å². The van der Waals surface area contributed by atoms with Crippen molar-refractivity contribution in [2.75, 3.05) is 78.1 Å². The van der Waals surface area contributed by atoms with Crippen molar-refractivity contribution in [1.82, 2.24) is 4.98 Å². The van der Waals surface area contributed by atoms with E-state index in [1.807, 2.05) is 71.7 Å². The normalized spacial score (nSPS) is 16.7. The van der Waals surface area contributed by atoms with Crippen LogP contribution >= 0.6 is 11.3 Å². The van der Waals surface area contributed by atoms with Crippen molar-refractivity contribution >= 4 is 56.8 Å². The molecule has 2 aliphatic rings. The molecule has 0 amide bonds. The Kier molecular flexibility index (Phi) is 27.6. The number of aromatic nitrogens is 1. The molecular formula is C67H85N3O14S. The minimum absolute atomic E-state index is 0.194. The second-order valence-corrected chi connectivity index (χ2v) is 22.8. The average molecular weight is 1190 g/mol. The fourth-order valence-electron chi connectivity index (χ4n) is 9.78. The van der Waals surface area contributed by atoms with Crippen LogP contribution in [0.3, 0.4) is 0 Å². The summed E-state index contributed by atoms with van der Waals surface area (Å²) in [5.41, 5.74) is 2.45. The van der Waals surface area contributed by atoms with Crippen molar-refractivity contribution in [3.63, 3.8) is 0 Å². The number of hydrogen-bond acceptors (Lipinski definition) is 18. The molecule has 17 nitrogen and oxygen atoms in total. The zero-order valence-electron chi connectivity index (χ0n) is 49.8. The summed E-state index contributed by atoms with van der Waals surface area (Å²) in [6, 6.07) is 28.2. The van der Waals surface area contributed by atoms with Gasteiger partial charge in [0.15, 0.2) is 0 Å². The van der Waals surface area contributed by atoms with Gasteiger partial charge in [0, 0.05) is 23.8 Å². The van der Waals surface area contributed by atoms with Gasteiger partial charge >= 0.3 is 23.9 Å². The number of benzene rings is 4. The molecule has 0 spiro atoms. The van der Waals surface area contributed by atoms with E-state index in [1.165, 1.54) is 0 Å². The number of nitrogens with zero attached hydrogens (tertiary/aromatic N) is 3. The lowest BCUT2D eigenvalue weighted by Crippen LogP contribution is -2.28. The predicted molar refractivity (Wildman–Crippen MR) is 329 cm³/mol. The molecule has 4 aromatic carbocycles. The molecule has 5 aromatic rings. The van der Waals surface area contributed by atoms with Gasteiger partial charge in [-0.2, -0.15) is 5.10 Å². The van der Waals surface area contributed by atoms with Crippen LogP contribution < -0.4 is 33.4 Å². The number of anilines is 1. The number of methoxy groups -OCH3 is 1. The van der Waals surface area contributed by atoms with E-state index in [1.54, 1.807) is 62.8 Å². The molecule has 1 aromatic heterocycles. The first-order valence-electron chi connectivity index (χ1n) is 30.1. The van der Waals surface area contributed by atoms with Gasteiger partial charge in [-0.05, 0) is 207 Å². The van der Waals surface area contributed by atoms with Gasteiger partial charge < -0.3 is 47.4 Å². The topological polar surface area (TPSA) is 189 Å². The first-order chi connectivity index (χ1) is 41.4. The molecule has 2 aliphatic carbocycles. The van der Waals surface area contributed by atoms with Crippen LogP contribution in [0, 0.1) is 23.7 Å². The fourth-order valence-corrected chi connectivity index (χ4v) is 10.7. The summed E-state index contributed by atoms with van der Waals surface area (Å²) in [7, 11) is 1.65. The minimum atomic E-state index is -0.351. The van der Waals surface area contributed by atoms with Crippen molar-refractivity contribution in [3.8, 4) is 34.5 Å². The summed E-state index contributed by atoms with van der Waals surface area (Å²) in [5, 5.41) is 7.59. The van der Waals surface area contributed by atoms with E-state index in [2.05, 4.69) is 13.2 Å². The predicted octanol–water partition coefficient (Wildman–Crippen LogP) is 13.5. The molecule has 0 bridgehead atoms. The third-order valence-electron chi connectivity index (χ3n) is 14.9. The Hall–Kier alpha value is -7.28. The van der Waals surface area contributed by atoms with Crippen molar-refractivity contribution < 1.29 is 66.5 Å². The van der Waals surface area contributed by atoms with Gasteiger partial charge in [-0.25, -0.2) is 19.6 Å². The Bertz CT molecular complexity index is 2880. The monoisotopic (exact) mass is 1190 g/mol. The quantitative estimate of drug-likeness (QED) is 0.00911. The van der Waals surface area contributed by atoms with Crippen LogP contribution in [0.15, 0.2) is 120 Å². The summed E-state index contributed by atoms with van der Waals surface area (Å²) in [5.74, 6) is 2.70. The summed E-state index contributed by atoms with van der Waals surface area (Å²) in [6.07, 6.45) is 15.0. The Morgan fingerprint density at radius 3 is 1.58 bits per heavy atom. The Balaban J connectivity index is 0.877. The molecular weight excluding hydrogens is 1100 g/mol. The number of hydrogen-bond donors (Lipinski definition) is 0. The highest BCUT2D eigenvalue weighted by Gasteiger charge is 2.30. The smallest absolute Gasteiger partial charge is 0.333 e. The van der Waals surface area contributed by atoms with Gasteiger partial charge in [0.2, 0.25) is 5.13 Å². The van der Waals surface area contributed by atoms with Gasteiger partial charge in [0.1, 0.15) is 34.5 Å². The molecule has 2 saturated carbocycles. The van der Waals surface area contributed by atoms with Gasteiger partial charge in [-0.1, -0.05) is 36.6 Å².